The van der Waals surface area contributed by atoms with Crippen molar-refractivity contribution in [1.82, 2.24) is 20.2 Å². The Kier molecular flexibility index (Phi) is 5.57. The van der Waals surface area contributed by atoms with Crippen molar-refractivity contribution in [3.8, 4) is 5.75 Å². The Morgan fingerprint density at radius 2 is 2.20 bits per heavy atom. The molecule has 25 heavy (non-hydrogen) atoms. The minimum Gasteiger partial charge on any atom is -0.496 e. The summed E-state index contributed by atoms with van der Waals surface area (Å²) < 4.78 is 5.40. The number of ether oxygens (including phenoxy) is 1. The molecule has 0 unspecified atom stereocenters. The summed E-state index contributed by atoms with van der Waals surface area (Å²) in [6.45, 7) is 2.10. The van der Waals surface area contributed by atoms with Gasteiger partial charge in [0.1, 0.15) is 11.4 Å². The van der Waals surface area contributed by atoms with E-state index in [1.165, 1.54) is 18.6 Å². The summed E-state index contributed by atoms with van der Waals surface area (Å²) in [5, 5.41) is 12.6. The molecule has 2 atom stereocenters. The van der Waals surface area contributed by atoms with Crippen LogP contribution in [0.4, 0.5) is 0 Å². The standard InChI is InChI=1S/C18H22N4O3/c1-25-17-5-3-2-4-13(17)9-22-10-14(12-23)16(11-22)21-18(24)15-8-19-6-7-20-15/h2-8,14,16,23H,9-12H2,1H3,(H,21,24)/t14-,16+/m0/s1. The number of likely N-dealkylation sites (tertiary alicyclic amines) is 1. The normalized spacial score (nSPS) is 20.4. The number of hydrogen-bond donors (Lipinski definition) is 2. The van der Waals surface area contributed by atoms with Crippen LogP contribution < -0.4 is 10.1 Å². The highest BCUT2D eigenvalue weighted by Crippen LogP contribution is 2.24. The van der Waals surface area contributed by atoms with E-state index in [1.807, 2.05) is 24.3 Å². The zero-order valence-corrected chi connectivity index (χ0v) is 14.1. The molecule has 0 aliphatic carbocycles. The first-order valence-electron chi connectivity index (χ1n) is 8.23. The topological polar surface area (TPSA) is 87.6 Å². The van der Waals surface area contributed by atoms with E-state index in [9.17, 15) is 9.90 Å². The second-order valence-electron chi connectivity index (χ2n) is 6.12. The van der Waals surface area contributed by atoms with E-state index in [0.29, 0.717) is 19.6 Å². The lowest BCUT2D eigenvalue weighted by Crippen LogP contribution is -2.41. The van der Waals surface area contributed by atoms with Crippen LogP contribution in [-0.2, 0) is 6.54 Å². The van der Waals surface area contributed by atoms with E-state index in [2.05, 4.69) is 20.2 Å². The van der Waals surface area contributed by atoms with Crippen LogP contribution in [0, 0.1) is 5.92 Å². The maximum absolute atomic E-state index is 12.3. The molecule has 1 aromatic carbocycles. The van der Waals surface area contributed by atoms with E-state index in [4.69, 9.17) is 4.74 Å². The van der Waals surface area contributed by atoms with Crippen LogP contribution in [0.3, 0.4) is 0 Å². The molecule has 2 aromatic rings. The Labute approximate surface area is 146 Å². The summed E-state index contributed by atoms with van der Waals surface area (Å²) in [6, 6.07) is 7.74. The summed E-state index contributed by atoms with van der Waals surface area (Å²) in [7, 11) is 1.66. The van der Waals surface area contributed by atoms with Crippen LogP contribution in [0.5, 0.6) is 5.75 Å². The number of aliphatic hydroxyl groups excluding tert-OH is 1. The number of aliphatic hydroxyl groups is 1. The number of methoxy groups -OCH3 is 1. The molecule has 1 saturated heterocycles. The highest BCUT2D eigenvalue weighted by molar-refractivity contribution is 5.92. The molecular formula is C18H22N4O3. The molecule has 2 N–H and O–H groups in total. The third-order valence-electron chi connectivity index (χ3n) is 4.45. The minimum absolute atomic E-state index is 0.0182. The second-order valence-corrected chi connectivity index (χ2v) is 6.12. The number of carbonyl (C=O) groups is 1. The molecule has 0 saturated carbocycles. The quantitative estimate of drug-likeness (QED) is 0.804. The van der Waals surface area contributed by atoms with Gasteiger partial charge in [-0.05, 0) is 6.07 Å². The Balaban J connectivity index is 1.65. The highest BCUT2D eigenvalue weighted by atomic mass is 16.5. The Morgan fingerprint density at radius 3 is 2.92 bits per heavy atom. The maximum atomic E-state index is 12.3. The van der Waals surface area contributed by atoms with Gasteiger partial charge in [0.05, 0.1) is 13.3 Å². The van der Waals surface area contributed by atoms with Gasteiger partial charge in [0.2, 0.25) is 0 Å². The molecule has 0 bridgehead atoms. The number of hydrogen-bond acceptors (Lipinski definition) is 6. The van der Waals surface area contributed by atoms with Crippen molar-refractivity contribution in [1.29, 1.82) is 0 Å². The van der Waals surface area contributed by atoms with E-state index >= 15 is 0 Å². The lowest BCUT2D eigenvalue weighted by molar-refractivity contribution is 0.0915. The van der Waals surface area contributed by atoms with Crippen LogP contribution in [0.15, 0.2) is 42.9 Å². The van der Waals surface area contributed by atoms with Crippen LogP contribution in [0.25, 0.3) is 0 Å². The molecule has 0 spiro atoms. The fourth-order valence-electron chi connectivity index (χ4n) is 3.17. The minimum atomic E-state index is -0.268. The fourth-order valence-corrected chi connectivity index (χ4v) is 3.17. The van der Waals surface area contributed by atoms with Crippen molar-refractivity contribution in [3.05, 3.63) is 54.1 Å². The first kappa shape index (κ1) is 17.3. The SMILES string of the molecule is COc1ccccc1CN1C[C@@H](CO)[C@H](NC(=O)c2cnccn2)C1. The van der Waals surface area contributed by atoms with Gasteiger partial charge in [0, 0.05) is 56.2 Å². The summed E-state index contributed by atoms with van der Waals surface area (Å²) >= 11 is 0. The van der Waals surface area contributed by atoms with Gasteiger partial charge in [-0.3, -0.25) is 14.7 Å². The van der Waals surface area contributed by atoms with Crippen molar-refractivity contribution in [3.63, 3.8) is 0 Å². The summed E-state index contributed by atoms with van der Waals surface area (Å²) in [6.07, 6.45) is 4.45. The van der Waals surface area contributed by atoms with E-state index in [1.54, 1.807) is 7.11 Å². The van der Waals surface area contributed by atoms with Gasteiger partial charge in [-0.1, -0.05) is 18.2 Å². The van der Waals surface area contributed by atoms with Crippen LogP contribution in [0.1, 0.15) is 16.1 Å². The monoisotopic (exact) mass is 342 g/mol. The largest absolute Gasteiger partial charge is 0.496 e. The molecule has 1 fully saturated rings. The molecule has 1 aromatic heterocycles. The van der Waals surface area contributed by atoms with Crippen LogP contribution in [0.2, 0.25) is 0 Å². The molecule has 1 aliphatic heterocycles. The predicted molar refractivity (Wildman–Crippen MR) is 92.1 cm³/mol. The Hall–Kier alpha value is -2.51. The van der Waals surface area contributed by atoms with Crippen molar-refractivity contribution >= 4 is 5.91 Å². The number of carbonyl (C=O) groups excluding carboxylic acids is 1. The highest BCUT2D eigenvalue weighted by Gasteiger charge is 2.33. The number of aromatic nitrogens is 2. The van der Waals surface area contributed by atoms with E-state index in [-0.39, 0.29) is 30.2 Å². The lowest BCUT2D eigenvalue weighted by atomic mass is 10.1. The van der Waals surface area contributed by atoms with E-state index < -0.39 is 0 Å². The van der Waals surface area contributed by atoms with Gasteiger partial charge in [-0.15, -0.1) is 0 Å². The van der Waals surface area contributed by atoms with Crippen molar-refractivity contribution in [2.75, 3.05) is 26.8 Å². The fraction of sp³-hybridized carbons (Fsp3) is 0.389. The third-order valence-corrected chi connectivity index (χ3v) is 4.45. The molecule has 1 aliphatic rings. The third kappa shape index (κ3) is 4.12. The van der Waals surface area contributed by atoms with Crippen molar-refractivity contribution in [2.45, 2.75) is 12.6 Å². The van der Waals surface area contributed by atoms with E-state index in [0.717, 1.165) is 11.3 Å². The number of para-hydroxylation sites is 1. The van der Waals surface area contributed by atoms with Gasteiger partial charge in [-0.2, -0.15) is 0 Å². The zero-order chi connectivity index (χ0) is 17.6. The number of nitrogens with one attached hydrogen (secondary N) is 1. The molecular weight excluding hydrogens is 320 g/mol. The molecule has 132 valence electrons. The first-order valence-corrected chi connectivity index (χ1v) is 8.23. The molecule has 3 rings (SSSR count). The summed E-state index contributed by atoms with van der Waals surface area (Å²) in [4.78, 5) is 22.4. The summed E-state index contributed by atoms with van der Waals surface area (Å²) in [5.74, 6) is 0.557. The average Bonchev–Trinajstić information content (AvgIpc) is 3.04. The molecule has 1 amide bonds. The van der Waals surface area contributed by atoms with Crippen molar-refractivity contribution in [2.24, 2.45) is 5.92 Å². The first-order chi connectivity index (χ1) is 12.2. The smallest absolute Gasteiger partial charge is 0.271 e. The number of nitrogens with zero attached hydrogens (tertiary/aromatic N) is 3. The van der Waals surface area contributed by atoms with Crippen LogP contribution >= 0.6 is 0 Å². The molecule has 2 heterocycles. The summed E-state index contributed by atoms with van der Waals surface area (Å²) in [5.41, 5.74) is 1.37. The van der Waals surface area contributed by atoms with Gasteiger partial charge >= 0.3 is 0 Å². The number of rotatable bonds is 6. The molecule has 7 nitrogen and oxygen atoms in total. The van der Waals surface area contributed by atoms with Gasteiger partial charge in [0.25, 0.3) is 5.91 Å². The van der Waals surface area contributed by atoms with Gasteiger partial charge in [0.15, 0.2) is 0 Å². The van der Waals surface area contributed by atoms with Crippen LogP contribution in [-0.4, -0.2) is 58.7 Å². The number of benzene rings is 1. The lowest BCUT2D eigenvalue weighted by Gasteiger charge is -2.18. The molecule has 0 radical (unpaired) electrons. The average molecular weight is 342 g/mol. The Morgan fingerprint density at radius 1 is 1.36 bits per heavy atom. The van der Waals surface area contributed by atoms with Crippen molar-refractivity contribution < 1.29 is 14.6 Å². The van der Waals surface area contributed by atoms with Gasteiger partial charge in [-0.25, -0.2) is 4.98 Å². The van der Waals surface area contributed by atoms with Gasteiger partial charge < -0.3 is 15.2 Å². The zero-order valence-electron chi connectivity index (χ0n) is 14.1. The second kappa shape index (κ2) is 8.04. The Bertz CT molecular complexity index is 710. The maximum Gasteiger partial charge on any atom is 0.271 e. The predicted octanol–water partition coefficient (Wildman–Crippen LogP) is 0.708. The molecule has 7 heteroatoms. The number of amides is 1.